The Labute approximate surface area is 72.5 Å². The standard InChI is InChI=1S/C9H9F2P/c1-2-7-4-3-5-8(6-7)9(10,11)12/h2-6H,1,12H2. The molecule has 0 fully saturated rings. The maximum absolute atomic E-state index is 12.7. The van der Waals surface area contributed by atoms with E-state index in [2.05, 4.69) is 6.58 Å². The molecule has 1 aromatic rings. The van der Waals surface area contributed by atoms with Gasteiger partial charge in [0.2, 0.25) is 0 Å². The van der Waals surface area contributed by atoms with Gasteiger partial charge in [0.05, 0.1) is 0 Å². The monoisotopic (exact) mass is 186 g/mol. The Balaban J connectivity index is 3.10. The zero-order valence-electron chi connectivity index (χ0n) is 6.43. The second-order valence-corrected chi connectivity index (χ2v) is 3.18. The average Bonchev–Trinajstić information content (AvgIpc) is 2.03. The second kappa shape index (κ2) is 3.32. The summed E-state index contributed by atoms with van der Waals surface area (Å²) in [7, 11) is 1.51. The Morgan fingerprint density at radius 3 is 2.58 bits per heavy atom. The molecule has 3 heteroatoms. The van der Waals surface area contributed by atoms with E-state index in [0.717, 1.165) is 0 Å². The number of benzene rings is 1. The van der Waals surface area contributed by atoms with Crippen molar-refractivity contribution in [3.8, 4) is 0 Å². The van der Waals surface area contributed by atoms with Gasteiger partial charge in [-0.25, -0.2) is 0 Å². The number of hydrogen-bond donors (Lipinski definition) is 0. The molecule has 0 amide bonds. The SMILES string of the molecule is C=Cc1cccc(C(F)(F)P)c1. The molecule has 1 rings (SSSR count). The van der Waals surface area contributed by atoms with E-state index in [1.165, 1.54) is 21.4 Å². The van der Waals surface area contributed by atoms with E-state index >= 15 is 0 Å². The molecule has 0 heterocycles. The summed E-state index contributed by atoms with van der Waals surface area (Å²) in [6, 6.07) is 6.12. The van der Waals surface area contributed by atoms with Gasteiger partial charge in [0.25, 0.3) is 5.66 Å². The van der Waals surface area contributed by atoms with Crippen LogP contribution in [-0.2, 0) is 5.66 Å². The minimum atomic E-state index is -2.85. The van der Waals surface area contributed by atoms with Crippen LogP contribution in [0.1, 0.15) is 11.1 Å². The Hall–Kier alpha value is -0.750. The van der Waals surface area contributed by atoms with Gasteiger partial charge in [0, 0.05) is 5.56 Å². The highest BCUT2D eigenvalue weighted by Crippen LogP contribution is 2.34. The van der Waals surface area contributed by atoms with Crippen molar-refractivity contribution >= 4 is 15.3 Å². The number of rotatable bonds is 2. The van der Waals surface area contributed by atoms with Crippen LogP contribution in [0.4, 0.5) is 8.78 Å². The molecule has 0 saturated heterocycles. The Morgan fingerprint density at radius 1 is 1.42 bits per heavy atom. The van der Waals surface area contributed by atoms with E-state index < -0.39 is 5.66 Å². The topological polar surface area (TPSA) is 0 Å². The van der Waals surface area contributed by atoms with Crippen LogP contribution < -0.4 is 0 Å². The highest BCUT2D eigenvalue weighted by molar-refractivity contribution is 7.17. The summed E-state index contributed by atoms with van der Waals surface area (Å²) >= 11 is 0. The van der Waals surface area contributed by atoms with Gasteiger partial charge in [0.1, 0.15) is 0 Å². The lowest BCUT2D eigenvalue weighted by molar-refractivity contribution is 0.104. The smallest absolute Gasteiger partial charge is 0.197 e. The van der Waals surface area contributed by atoms with E-state index in [9.17, 15) is 8.78 Å². The van der Waals surface area contributed by atoms with Gasteiger partial charge in [-0.15, -0.1) is 0 Å². The molecule has 0 bridgehead atoms. The third-order valence-corrected chi connectivity index (χ3v) is 1.84. The van der Waals surface area contributed by atoms with E-state index in [0.29, 0.717) is 5.56 Å². The van der Waals surface area contributed by atoms with Crippen molar-refractivity contribution in [2.24, 2.45) is 0 Å². The van der Waals surface area contributed by atoms with Gasteiger partial charge in [-0.1, -0.05) is 40.1 Å². The lowest BCUT2D eigenvalue weighted by atomic mass is 10.1. The van der Waals surface area contributed by atoms with Crippen LogP contribution in [0.15, 0.2) is 30.8 Å². The maximum atomic E-state index is 12.7. The normalized spacial score (nSPS) is 11.2. The number of halogens is 2. The van der Waals surface area contributed by atoms with Crippen LogP contribution in [-0.4, -0.2) is 0 Å². The molecule has 0 N–H and O–H groups in total. The first-order chi connectivity index (χ1) is 5.54. The predicted octanol–water partition coefficient (Wildman–Crippen LogP) is 3.25. The minimum Gasteiger partial charge on any atom is -0.197 e. The molecule has 1 atom stereocenters. The highest BCUT2D eigenvalue weighted by Gasteiger charge is 2.23. The molecule has 0 saturated carbocycles. The summed E-state index contributed by atoms with van der Waals surface area (Å²) in [6.07, 6.45) is 1.54. The fourth-order valence-electron chi connectivity index (χ4n) is 0.873. The molecular formula is C9H9F2P. The maximum Gasteiger partial charge on any atom is 0.283 e. The Bertz CT molecular complexity index is 289. The van der Waals surface area contributed by atoms with Gasteiger partial charge in [0.15, 0.2) is 0 Å². The summed E-state index contributed by atoms with van der Waals surface area (Å²) in [6.45, 7) is 3.50. The molecule has 64 valence electrons. The third-order valence-electron chi connectivity index (χ3n) is 1.51. The van der Waals surface area contributed by atoms with Crippen molar-refractivity contribution in [1.29, 1.82) is 0 Å². The van der Waals surface area contributed by atoms with Gasteiger partial charge >= 0.3 is 0 Å². The van der Waals surface area contributed by atoms with Crippen molar-refractivity contribution in [3.63, 3.8) is 0 Å². The average molecular weight is 186 g/mol. The zero-order chi connectivity index (χ0) is 9.19. The lowest BCUT2D eigenvalue weighted by Crippen LogP contribution is -2.01. The number of hydrogen-bond acceptors (Lipinski definition) is 0. The molecule has 1 aromatic carbocycles. The fraction of sp³-hybridized carbons (Fsp3) is 0.111. The van der Waals surface area contributed by atoms with Gasteiger partial charge in [-0.3, -0.25) is 0 Å². The van der Waals surface area contributed by atoms with Gasteiger partial charge in [-0.05, 0) is 11.6 Å². The molecule has 0 aliphatic carbocycles. The zero-order valence-corrected chi connectivity index (χ0v) is 7.58. The first-order valence-electron chi connectivity index (χ1n) is 3.43. The number of alkyl halides is 2. The summed E-state index contributed by atoms with van der Waals surface area (Å²) in [4.78, 5) is 0. The fourth-order valence-corrected chi connectivity index (χ4v) is 1.05. The Kier molecular flexibility index (Phi) is 2.58. The summed E-state index contributed by atoms with van der Waals surface area (Å²) in [5, 5.41) is 0. The molecule has 0 spiro atoms. The van der Waals surface area contributed by atoms with E-state index in [4.69, 9.17) is 0 Å². The lowest BCUT2D eigenvalue weighted by Gasteiger charge is -2.10. The summed E-state index contributed by atoms with van der Waals surface area (Å²) in [5.74, 6) is 0. The summed E-state index contributed by atoms with van der Waals surface area (Å²) in [5.41, 5.74) is -2.15. The van der Waals surface area contributed by atoms with Crippen LogP contribution in [0.3, 0.4) is 0 Å². The molecule has 0 aliphatic rings. The largest absolute Gasteiger partial charge is 0.283 e. The first-order valence-corrected chi connectivity index (χ1v) is 4.01. The minimum absolute atomic E-state index is 0.00935. The van der Waals surface area contributed by atoms with E-state index in [1.807, 2.05) is 0 Å². The van der Waals surface area contributed by atoms with E-state index in [1.54, 1.807) is 18.2 Å². The second-order valence-electron chi connectivity index (χ2n) is 2.45. The van der Waals surface area contributed by atoms with Crippen molar-refractivity contribution in [3.05, 3.63) is 42.0 Å². The van der Waals surface area contributed by atoms with Crippen molar-refractivity contribution in [2.45, 2.75) is 5.66 Å². The molecule has 0 aliphatic heterocycles. The highest BCUT2D eigenvalue weighted by atomic mass is 31.0. The van der Waals surface area contributed by atoms with Crippen molar-refractivity contribution in [1.82, 2.24) is 0 Å². The van der Waals surface area contributed by atoms with Crippen LogP contribution >= 0.6 is 9.24 Å². The molecule has 0 radical (unpaired) electrons. The molecule has 1 unspecified atom stereocenters. The Morgan fingerprint density at radius 2 is 2.08 bits per heavy atom. The predicted molar refractivity (Wildman–Crippen MR) is 50.1 cm³/mol. The first kappa shape index (κ1) is 9.34. The van der Waals surface area contributed by atoms with Crippen LogP contribution in [0.25, 0.3) is 6.08 Å². The molecule has 12 heavy (non-hydrogen) atoms. The molecular weight excluding hydrogens is 177 g/mol. The molecule has 0 nitrogen and oxygen atoms in total. The third kappa shape index (κ3) is 2.12. The van der Waals surface area contributed by atoms with Crippen molar-refractivity contribution < 1.29 is 8.78 Å². The van der Waals surface area contributed by atoms with Crippen LogP contribution in [0.2, 0.25) is 0 Å². The van der Waals surface area contributed by atoms with Gasteiger partial charge in [-0.2, -0.15) is 8.78 Å². The quantitative estimate of drug-likeness (QED) is 0.622. The summed E-state index contributed by atoms with van der Waals surface area (Å²) < 4.78 is 25.4. The van der Waals surface area contributed by atoms with Crippen LogP contribution in [0.5, 0.6) is 0 Å². The van der Waals surface area contributed by atoms with Gasteiger partial charge < -0.3 is 0 Å². The van der Waals surface area contributed by atoms with Crippen molar-refractivity contribution in [2.75, 3.05) is 0 Å². The van der Waals surface area contributed by atoms with Crippen LogP contribution in [0, 0.1) is 0 Å². The van der Waals surface area contributed by atoms with E-state index in [-0.39, 0.29) is 5.56 Å². The molecule has 0 aromatic heterocycles.